The van der Waals surface area contributed by atoms with E-state index in [2.05, 4.69) is 10.3 Å². The molecule has 2 aromatic rings. The third-order valence-corrected chi connectivity index (χ3v) is 2.65. The minimum absolute atomic E-state index is 0.0126. The molecule has 0 unspecified atom stereocenters. The van der Waals surface area contributed by atoms with E-state index in [1.54, 1.807) is 12.1 Å². The Balaban J connectivity index is 1.98. The fourth-order valence-electron chi connectivity index (χ4n) is 1.65. The van der Waals surface area contributed by atoms with Crippen LogP contribution in [0.4, 0.5) is 5.69 Å². The van der Waals surface area contributed by atoms with Crippen molar-refractivity contribution >= 4 is 11.6 Å². The van der Waals surface area contributed by atoms with E-state index in [9.17, 15) is 4.79 Å². The number of anilines is 1. The quantitative estimate of drug-likeness (QED) is 0.765. The Morgan fingerprint density at radius 3 is 2.74 bits per heavy atom. The summed E-state index contributed by atoms with van der Waals surface area (Å²) in [6.07, 6.45) is 1.45. The normalized spacial score (nSPS) is 10.2. The molecule has 1 amide bonds. The van der Waals surface area contributed by atoms with Crippen molar-refractivity contribution in [3.63, 3.8) is 0 Å². The van der Waals surface area contributed by atoms with E-state index in [0.29, 0.717) is 17.9 Å². The van der Waals surface area contributed by atoms with E-state index in [1.165, 1.54) is 6.20 Å². The Hall–Kier alpha value is -2.40. The molecule has 0 bridgehead atoms. The maximum atomic E-state index is 11.8. The number of hydrogen-bond acceptors (Lipinski definition) is 4. The summed E-state index contributed by atoms with van der Waals surface area (Å²) in [6, 6.07) is 10.6. The lowest BCUT2D eigenvalue weighted by atomic mass is 10.1. The Bertz CT molecular complexity index is 567. The van der Waals surface area contributed by atoms with Crippen LogP contribution in [0.3, 0.4) is 0 Å². The second-order valence-corrected chi connectivity index (χ2v) is 4.14. The van der Waals surface area contributed by atoms with Crippen molar-refractivity contribution in [2.75, 3.05) is 5.73 Å². The number of hydrogen-bond donors (Lipinski definition) is 3. The van der Waals surface area contributed by atoms with Gasteiger partial charge in [-0.2, -0.15) is 0 Å². The number of amides is 1. The number of nitrogens with zero attached hydrogens (tertiary/aromatic N) is 1. The van der Waals surface area contributed by atoms with Gasteiger partial charge in [0.25, 0.3) is 5.91 Å². The number of aliphatic hydroxyl groups excluding tert-OH is 1. The van der Waals surface area contributed by atoms with Gasteiger partial charge in [-0.15, -0.1) is 0 Å². The average Bonchev–Trinajstić information content (AvgIpc) is 2.46. The second kappa shape index (κ2) is 5.97. The van der Waals surface area contributed by atoms with Gasteiger partial charge in [0, 0.05) is 6.54 Å². The van der Waals surface area contributed by atoms with Gasteiger partial charge in [0.15, 0.2) is 0 Å². The van der Waals surface area contributed by atoms with Gasteiger partial charge >= 0.3 is 0 Å². The fourth-order valence-corrected chi connectivity index (χ4v) is 1.65. The maximum Gasteiger partial charge on any atom is 0.270 e. The number of carbonyl (C=O) groups is 1. The van der Waals surface area contributed by atoms with Crippen LogP contribution in [-0.4, -0.2) is 16.0 Å². The van der Waals surface area contributed by atoms with Crippen molar-refractivity contribution < 1.29 is 9.90 Å². The van der Waals surface area contributed by atoms with Gasteiger partial charge in [-0.3, -0.25) is 4.79 Å². The van der Waals surface area contributed by atoms with Crippen molar-refractivity contribution in [2.24, 2.45) is 0 Å². The fraction of sp³-hybridized carbons (Fsp3) is 0.143. The number of benzene rings is 1. The number of carbonyl (C=O) groups excluding carboxylic acids is 1. The Kier molecular flexibility index (Phi) is 4.10. The zero-order chi connectivity index (χ0) is 13.7. The monoisotopic (exact) mass is 257 g/mol. The lowest BCUT2D eigenvalue weighted by Gasteiger charge is -2.06. The molecule has 0 aliphatic heterocycles. The highest BCUT2D eigenvalue weighted by Crippen LogP contribution is 2.06. The molecule has 0 saturated heterocycles. The lowest BCUT2D eigenvalue weighted by molar-refractivity contribution is 0.0946. The average molecular weight is 257 g/mol. The third kappa shape index (κ3) is 3.53. The molecule has 5 nitrogen and oxygen atoms in total. The molecule has 0 aliphatic carbocycles. The van der Waals surface area contributed by atoms with E-state index in [-0.39, 0.29) is 12.5 Å². The summed E-state index contributed by atoms with van der Waals surface area (Å²) in [5.74, 6) is -0.255. The number of rotatable bonds is 4. The SMILES string of the molecule is Nc1ccc(C(=O)NCc2cccc(CO)c2)nc1. The van der Waals surface area contributed by atoms with Crippen LogP contribution in [0.5, 0.6) is 0 Å². The molecule has 1 aromatic heterocycles. The van der Waals surface area contributed by atoms with Crippen LogP contribution in [0.1, 0.15) is 21.6 Å². The van der Waals surface area contributed by atoms with Gasteiger partial charge in [0.2, 0.25) is 0 Å². The first kappa shape index (κ1) is 13.0. The summed E-state index contributed by atoms with van der Waals surface area (Å²) < 4.78 is 0. The Labute approximate surface area is 111 Å². The van der Waals surface area contributed by atoms with Crippen molar-refractivity contribution in [1.82, 2.24) is 10.3 Å². The Morgan fingerprint density at radius 2 is 2.05 bits per heavy atom. The number of nitrogen functional groups attached to an aromatic ring is 1. The summed E-state index contributed by atoms with van der Waals surface area (Å²) in [5.41, 5.74) is 8.10. The molecule has 19 heavy (non-hydrogen) atoms. The third-order valence-electron chi connectivity index (χ3n) is 2.65. The van der Waals surface area contributed by atoms with Crippen LogP contribution in [0.25, 0.3) is 0 Å². The van der Waals surface area contributed by atoms with E-state index in [4.69, 9.17) is 10.8 Å². The van der Waals surface area contributed by atoms with Crippen LogP contribution in [0.15, 0.2) is 42.6 Å². The summed E-state index contributed by atoms with van der Waals surface area (Å²) in [6.45, 7) is 0.375. The van der Waals surface area contributed by atoms with Crippen LogP contribution >= 0.6 is 0 Å². The minimum Gasteiger partial charge on any atom is -0.397 e. The first-order valence-electron chi connectivity index (χ1n) is 5.87. The highest BCUT2D eigenvalue weighted by Gasteiger charge is 2.06. The zero-order valence-corrected chi connectivity index (χ0v) is 10.3. The smallest absolute Gasteiger partial charge is 0.270 e. The molecule has 4 N–H and O–H groups in total. The molecule has 5 heteroatoms. The molecule has 0 fully saturated rings. The van der Waals surface area contributed by atoms with Gasteiger partial charge in [0.1, 0.15) is 5.69 Å². The van der Waals surface area contributed by atoms with Gasteiger partial charge in [0.05, 0.1) is 18.5 Å². The summed E-state index contributed by atoms with van der Waals surface area (Å²) >= 11 is 0. The molecule has 1 aromatic carbocycles. The molecule has 0 saturated carbocycles. The van der Waals surface area contributed by atoms with Gasteiger partial charge in [-0.1, -0.05) is 24.3 Å². The standard InChI is InChI=1S/C14H15N3O2/c15-12-4-5-13(16-8-12)14(19)17-7-10-2-1-3-11(6-10)9-18/h1-6,8,18H,7,9,15H2,(H,17,19). The predicted molar refractivity (Wildman–Crippen MR) is 72.2 cm³/mol. The van der Waals surface area contributed by atoms with Gasteiger partial charge in [-0.25, -0.2) is 4.98 Å². The predicted octanol–water partition coefficient (Wildman–Crippen LogP) is 1.09. The minimum atomic E-state index is -0.255. The van der Waals surface area contributed by atoms with Crippen LogP contribution in [-0.2, 0) is 13.2 Å². The van der Waals surface area contributed by atoms with Crippen molar-refractivity contribution in [3.8, 4) is 0 Å². The van der Waals surface area contributed by atoms with E-state index < -0.39 is 0 Å². The zero-order valence-electron chi connectivity index (χ0n) is 10.3. The largest absolute Gasteiger partial charge is 0.397 e. The molecule has 0 spiro atoms. The van der Waals surface area contributed by atoms with E-state index in [0.717, 1.165) is 11.1 Å². The molecular formula is C14H15N3O2. The van der Waals surface area contributed by atoms with Crippen molar-refractivity contribution in [3.05, 3.63) is 59.4 Å². The molecule has 0 aliphatic rings. The van der Waals surface area contributed by atoms with E-state index >= 15 is 0 Å². The first-order chi connectivity index (χ1) is 9.19. The van der Waals surface area contributed by atoms with E-state index in [1.807, 2.05) is 24.3 Å². The number of aliphatic hydroxyl groups is 1. The van der Waals surface area contributed by atoms with Gasteiger partial charge < -0.3 is 16.2 Å². The number of nitrogens with one attached hydrogen (secondary N) is 1. The summed E-state index contributed by atoms with van der Waals surface area (Å²) in [7, 11) is 0. The molecule has 98 valence electrons. The lowest BCUT2D eigenvalue weighted by Crippen LogP contribution is -2.23. The van der Waals surface area contributed by atoms with Crippen LogP contribution in [0.2, 0.25) is 0 Å². The molecular weight excluding hydrogens is 242 g/mol. The summed E-state index contributed by atoms with van der Waals surface area (Å²) in [5, 5.41) is 11.8. The molecule has 0 atom stereocenters. The number of pyridine rings is 1. The molecule has 0 radical (unpaired) electrons. The Morgan fingerprint density at radius 1 is 1.26 bits per heavy atom. The van der Waals surface area contributed by atoms with Crippen molar-refractivity contribution in [1.29, 1.82) is 0 Å². The van der Waals surface area contributed by atoms with Crippen LogP contribution in [0, 0.1) is 0 Å². The first-order valence-corrected chi connectivity index (χ1v) is 5.87. The van der Waals surface area contributed by atoms with Crippen LogP contribution < -0.4 is 11.1 Å². The number of aromatic nitrogens is 1. The van der Waals surface area contributed by atoms with Crippen molar-refractivity contribution in [2.45, 2.75) is 13.2 Å². The highest BCUT2D eigenvalue weighted by atomic mass is 16.3. The molecule has 2 rings (SSSR count). The highest BCUT2D eigenvalue weighted by molar-refractivity contribution is 5.92. The maximum absolute atomic E-state index is 11.8. The second-order valence-electron chi connectivity index (χ2n) is 4.14. The summed E-state index contributed by atoms with van der Waals surface area (Å²) in [4.78, 5) is 15.8. The van der Waals surface area contributed by atoms with Gasteiger partial charge in [-0.05, 0) is 23.3 Å². The topological polar surface area (TPSA) is 88.2 Å². The number of nitrogens with two attached hydrogens (primary N) is 1. The molecule has 1 heterocycles.